The molecule has 164 valence electrons. The van der Waals surface area contributed by atoms with Crippen LogP contribution in [-0.2, 0) is 9.53 Å². The van der Waals surface area contributed by atoms with Crippen LogP contribution in [0.1, 0.15) is 40.9 Å². The smallest absolute Gasteiger partial charge is 0.412 e. The molecule has 0 fully saturated rings. The van der Waals surface area contributed by atoms with E-state index >= 15 is 0 Å². The quantitative estimate of drug-likeness (QED) is 0.513. The minimum atomic E-state index is -1.06. The molecule has 1 atom stereocenters. The summed E-state index contributed by atoms with van der Waals surface area (Å²) in [5.74, 6) is -2.13. The first-order chi connectivity index (χ1) is 15.4. The normalized spacial score (nSPS) is 13.0. The van der Waals surface area contributed by atoms with E-state index in [1.165, 1.54) is 6.92 Å². The fourth-order valence-corrected chi connectivity index (χ4v) is 3.76. The van der Waals surface area contributed by atoms with E-state index in [4.69, 9.17) is 9.84 Å². The minimum absolute atomic E-state index is 0.0856. The molecule has 3 N–H and O–H groups in total. The van der Waals surface area contributed by atoms with Crippen LogP contribution in [0.4, 0.5) is 10.6 Å². The van der Waals surface area contributed by atoms with Crippen molar-refractivity contribution in [1.82, 2.24) is 15.6 Å². The zero-order valence-corrected chi connectivity index (χ0v) is 17.1. The van der Waals surface area contributed by atoms with Gasteiger partial charge >= 0.3 is 12.1 Å². The Morgan fingerprint density at radius 3 is 2.31 bits per heavy atom. The molecule has 2 aromatic carbocycles. The highest BCUT2D eigenvalue weighted by Gasteiger charge is 2.29. The van der Waals surface area contributed by atoms with E-state index in [1.807, 2.05) is 48.5 Å². The molecule has 2 amide bonds. The molecule has 0 aliphatic heterocycles. The van der Waals surface area contributed by atoms with Crippen molar-refractivity contribution in [3.8, 4) is 11.1 Å². The predicted octanol–water partition coefficient (Wildman–Crippen LogP) is 3.02. The van der Waals surface area contributed by atoms with Crippen LogP contribution in [0.15, 0.2) is 53.2 Å². The maximum Gasteiger partial charge on any atom is 0.412 e. The summed E-state index contributed by atoms with van der Waals surface area (Å²) >= 11 is 0. The van der Waals surface area contributed by atoms with Gasteiger partial charge in [-0.2, -0.15) is 0 Å². The number of hydrogen-bond donors (Lipinski definition) is 3. The highest BCUT2D eigenvalue weighted by atomic mass is 16.6. The fraction of sp³-hybridized carbons (Fsp3) is 0.227. The van der Waals surface area contributed by atoms with E-state index in [9.17, 15) is 14.4 Å². The van der Waals surface area contributed by atoms with Crippen molar-refractivity contribution >= 4 is 23.8 Å². The number of aromatic nitrogens is 2. The second-order valence-electron chi connectivity index (χ2n) is 7.38. The van der Waals surface area contributed by atoms with E-state index in [0.29, 0.717) is 0 Å². The van der Waals surface area contributed by atoms with Gasteiger partial charge in [-0.15, -0.1) is 0 Å². The third-order valence-corrected chi connectivity index (χ3v) is 5.13. The third kappa shape index (κ3) is 4.29. The van der Waals surface area contributed by atoms with Crippen LogP contribution >= 0.6 is 0 Å². The Hall–Kier alpha value is -4.21. The molecule has 0 bridgehead atoms. The second kappa shape index (κ2) is 8.88. The molecule has 0 radical (unpaired) electrons. The largest absolute Gasteiger partial charge is 0.481 e. The fourth-order valence-electron chi connectivity index (χ4n) is 3.76. The van der Waals surface area contributed by atoms with Crippen LogP contribution in [0, 0.1) is 0 Å². The Bertz CT molecular complexity index is 1130. The number of hydrogen-bond acceptors (Lipinski definition) is 7. The molecule has 1 heterocycles. The summed E-state index contributed by atoms with van der Waals surface area (Å²) in [6.07, 6.45) is -1.10. The van der Waals surface area contributed by atoms with Gasteiger partial charge in [-0.1, -0.05) is 48.5 Å². The maximum atomic E-state index is 12.4. The number of amides is 2. The number of benzene rings is 2. The summed E-state index contributed by atoms with van der Waals surface area (Å²) in [6, 6.07) is 15.2. The van der Waals surface area contributed by atoms with Gasteiger partial charge in [0.2, 0.25) is 11.5 Å². The van der Waals surface area contributed by atoms with Gasteiger partial charge in [0.15, 0.2) is 0 Å². The van der Waals surface area contributed by atoms with Gasteiger partial charge < -0.3 is 15.2 Å². The van der Waals surface area contributed by atoms with Gasteiger partial charge in [0.1, 0.15) is 6.61 Å². The molecule has 1 aromatic heterocycles. The first-order valence-corrected chi connectivity index (χ1v) is 9.91. The SMILES string of the molecule is CC(CC(=O)O)NC(=O)c1nonc1NC(=O)OCC1c2ccccc2-c2ccccc21. The van der Waals surface area contributed by atoms with Gasteiger partial charge in [0.25, 0.3) is 5.91 Å². The number of carboxylic acids is 1. The lowest BCUT2D eigenvalue weighted by Gasteiger charge is -2.14. The first kappa shape index (κ1) is 21.0. The Balaban J connectivity index is 1.40. The number of carbonyl (C=O) groups excluding carboxylic acids is 2. The predicted molar refractivity (Wildman–Crippen MR) is 112 cm³/mol. The number of carboxylic acid groups (broad SMARTS) is 1. The van der Waals surface area contributed by atoms with E-state index in [-0.39, 0.29) is 30.5 Å². The number of aliphatic carboxylic acids is 1. The monoisotopic (exact) mass is 436 g/mol. The molecule has 10 heteroatoms. The molecule has 0 saturated heterocycles. The lowest BCUT2D eigenvalue weighted by Crippen LogP contribution is -2.35. The molecular weight excluding hydrogens is 416 g/mol. The number of rotatable bonds is 7. The van der Waals surface area contributed by atoms with Crippen LogP contribution in [0.2, 0.25) is 0 Å². The average molecular weight is 436 g/mol. The maximum absolute atomic E-state index is 12.4. The van der Waals surface area contributed by atoms with E-state index in [1.54, 1.807) is 0 Å². The molecule has 3 aromatic rings. The van der Waals surface area contributed by atoms with Gasteiger partial charge in [-0.3, -0.25) is 14.9 Å². The molecule has 10 nitrogen and oxygen atoms in total. The van der Waals surface area contributed by atoms with Crippen LogP contribution in [0.25, 0.3) is 11.1 Å². The highest BCUT2D eigenvalue weighted by molar-refractivity contribution is 5.99. The Kier molecular flexibility index (Phi) is 5.84. The van der Waals surface area contributed by atoms with Gasteiger partial charge in [-0.25, -0.2) is 9.42 Å². The molecule has 1 aliphatic carbocycles. The van der Waals surface area contributed by atoms with Crippen LogP contribution in [0.3, 0.4) is 0 Å². The van der Waals surface area contributed by atoms with Crippen LogP contribution in [0.5, 0.6) is 0 Å². The molecular formula is C22H20N4O6. The number of nitrogens with zero attached hydrogens (tertiary/aromatic N) is 2. The number of anilines is 1. The molecule has 0 saturated carbocycles. The zero-order valence-electron chi connectivity index (χ0n) is 17.1. The highest BCUT2D eigenvalue weighted by Crippen LogP contribution is 2.44. The summed E-state index contributed by atoms with van der Waals surface area (Å²) in [6.45, 7) is 1.61. The third-order valence-electron chi connectivity index (χ3n) is 5.13. The topological polar surface area (TPSA) is 144 Å². The molecule has 1 unspecified atom stereocenters. The van der Waals surface area contributed by atoms with Crippen molar-refractivity contribution in [2.45, 2.75) is 25.3 Å². The van der Waals surface area contributed by atoms with E-state index in [0.717, 1.165) is 22.3 Å². The second-order valence-corrected chi connectivity index (χ2v) is 7.38. The molecule has 0 spiro atoms. The summed E-state index contributed by atoms with van der Waals surface area (Å²) in [4.78, 5) is 35.4. The van der Waals surface area contributed by atoms with Crippen molar-refractivity contribution in [3.63, 3.8) is 0 Å². The van der Waals surface area contributed by atoms with Crippen LogP contribution in [-0.4, -0.2) is 46.0 Å². The van der Waals surface area contributed by atoms with Crippen molar-refractivity contribution in [1.29, 1.82) is 0 Å². The summed E-state index contributed by atoms with van der Waals surface area (Å²) in [5.41, 5.74) is 4.06. The number of carbonyl (C=O) groups is 3. The lowest BCUT2D eigenvalue weighted by atomic mass is 9.98. The number of fused-ring (bicyclic) bond motifs is 3. The molecule has 32 heavy (non-hydrogen) atoms. The Labute approximate surface area is 182 Å². The average Bonchev–Trinajstić information content (AvgIpc) is 3.34. The van der Waals surface area contributed by atoms with E-state index < -0.39 is 24.0 Å². The van der Waals surface area contributed by atoms with Crippen molar-refractivity contribution < 1.29 is 28.9 Å². The van der Waals surface area contributed by atoms with Crippen molar-refractivity contribution in [2.75, 3.05) is 11.9 Å². The summed E-state index contributed by atoms with van der Waals surface area (Å²) in [5, 5.41) is 20.6. The van der Waals surface area contributed by atoms with Gasteiger partial charge in [0, 0.05) is 12.0 Å². The standard InChI is InChI=1S/C22H20N4O6/c1-12(10-18(27)28)23-21(29)19-20(26-32-25-19)24-22(30)31-11-17-15-8-4-2-6-13(15)14-7-3-5-9-16(14)17/h2-9,12,17H,10-11H2,1H3,(H,23,29)(H,27,28)(H,24,26,30). The van der Waals surface area contributed by atoms with E-state index in [2.05, 4.69) is 25.6 Å². The van der Waals surface area contributed by atoms with Crippen molar-refractivity contribution in [2.24, 2.45) is 0 Å². The zero-order chi connectivity index (χ0) is 22.7. The Morgan fingerprint density at radius 1 is 1.06 bits per heavy atom. The molecule has 4 rings (SSSR count). The minimum Gasteiger partial charge on any atom is -0.481 e. The van der Waals surface area contributed by atoms with Crippen LogP contribution < -0.4 is 10.6 Å². The summed E-state index contributed by atoms with van der Waals surface area (Å²) in [7, 11) is 0. The lowest BCUT2D eigenvalue weighted by molar-refractivity contribution is -0.137. The number of nitrogens with one attached hydrogen (secondary N) is 2. The summed E-state index contributed by atoms with van der Waals surface area (Å²) < 4.78 is 9.97. The van der Waals surface area contributed by atoms with Gasteiger partial charge in [-0.05, 0) is 39.5 Å². The molecule has 1 aliphatic rings. The Morgan fingerprint density at radius 2 is 1.69 bits per heavy atom. The van der Waals surface area contributed by atoms with Gasteiger partial charge in [0.05, 0.1) is 6.42 Å². The first-order valence-electron chi connectivity index (χ1n) is 9.91. The number of ether oxygens (including phenoxy) is 1. The van der Waals surface area contributed by atoms with Crippen molar-refractivity contribution in [3.05, 3.63) is 65.4 Å².